The van der Waals surface area contributed by atoms with Crippen molar-refractivity contribution in [1.29, 1.82) is 0 Å². The number of carboxylic acids is 1. The Labute approximate surface area is 239 Å². The van der Waals surface area contributed by atoms with Crippen LogP contribution < -0.4 is 10.1 Å². The van der Waals surface area contributed by atoms with Gasteiger partial charge in [-0.15, -0.1) is 0 Å². The third-order valence-electron chi connectivity index (χ3n) is 7.45. The van der Waals surface area contributed by atoms with Crippen molar-refractivity contribution < 1.29 is 28.6 Å². The Morgan fingerprint density at radius 2 is 2.10 bits per heavy atom. The number of nitrogens with zero attached hydrogens (tertiary/aromatic N) is 4. The number of hydrogen-bond donors (Lipinski definition) is 2. The van der Waals surface area contributed by atoms with Crippen LogP contribution in [0.15, 0.2) is 42.5 Å². The molecule has 1 fully saturated rings. The Kier molecular flexibility index (Phi) is 7.57. The quantitative estimate of drug-likeness (QED) is 0.265. The van der Waals surface area contributed by atoms with E-state index in [1.54, 1.807) is 24.3 Å². The van der Waals surface area contributed by atoms with Crippen LogP contribution in [-0.2, 0) is 42.2 Å². The fourth-order valence-corrected chi connectivity index (χ4v) is 5.36. The second-order valence-electron chi connectivity index (χ2n) is 10.1. The number of carbonyl (C=O) groups excluding carboxylic acids is 1. The van der Waals surface area contributed by atoms with Gasteiger partial charge in [0.2, 0.25) is 12.3 Å². The highest BCUT2D eigenvalue weighted by molar-refractivity contribution is 6.31. The second-order valence-corrected chi connectivity index (χ2v) is 10.5. The molecule has 0 aliphatic carbocycles. The van der Waals surface area contributed by atoms with Crippen molar-refractivity contribution >= 4 is 40.7 Å². The van der Waals surface area contributed by atoms with E-state index < -0.39 is 11.8 Å². The highest BCUT2D eigenvalue weighted by Gasteiger charge is 2.26. The topological polar surface area (TPSA) is 119 Å². The molecule has 4 aromatic rings. The normalized spacial score (nSPS) is 16.7. The van der Waals surface area contributed by atoms with Gasteiger partial charge in [-0.1, -0.05) is 17.7 Å². The van der Waals surface area contributed by atoms with Crippen molar-refractivity contribution in [2.45, 2.75) is 45.2 Å². The summed E-state index contributed by atoms with van der Waals surface area (Å²) in [6.45, 7) is 3.09. The Hall–Kier alpha value is -4.06. The lowest BCUT2D eigenvalue weighted by molar-refractivity contribution is -0.105. The van der Waals surface area contributed by atoms with Gasteiger partial charge in [0.1, 0.15) is 23.3 Å². The number of carbonyl (C=O) groups is 2. The third kappa shape index (κ3) is 5.74. The number of fused-ring (bicyclic) bond motifs is 2. The van der Waals surface area contributed by atoms with E-state index >= 15 is 0 Å². The summed E-state index contributed by atoms with van der Waals surface area (Å²) >= 11 is 6.46. The average molecular weight is 580 g/mol. The standard InChI is InChI=1S/C29H27ClFN5O5/c30-22-9-17-5-7-35(13-25(17)34-28(22)41-15-19-1-3-20(32-16-37)11-23(19)31)14-27-33-24-4-2-18(29(38)39)10-26(24)36(27)12-21-6-8-40-21/h1-4,9-11,16,21H,5-8,12-15H2,(H,32,37)(H,38,39)/t21-/m0/s1. The Morgan fingerprint density at radius 3 is 2.83 bits per heavy atom. The number of ether oxygens (including phenoxy) is 2. The summed E-state index contributed by atoms with van der Waals surface area (Å²) < 4.78 is 28.0. The van der Waals surface area contributed by atoms with Gasteiger partial charge in [0.15, 0.2) is 0 Å². The number of anilines is 1. The van der Waals surface area contributed by atoms with E-state index in [4.69, 9.17) is 26.1 Å². The van der Waals surface area contributed by atoms with Crippen LogP contribution in [0.5, 0.6) is 5.88 Å². The summed E-state index contributed by atoms with van der Waals surface area (Å²) in [6, 6.07) is 11.2. The van der Waals surface area contributed by atoms with E-state index in [9.17, 15) is 19.1 Å². The summed E-state index contributed by atoms with van der Waals surface area (Å²) in [7, 11) is 0. The van der Waals surface area contributed by atoms with E-state index in [0.29, 0.717) is 42.3 Å². The molecule has 0 bridgehead atoms. The highest BCUT2D eigenvalue weighted by Crippen LogP contribution is 2.30. The maximum absolute atomic E-state index is 14.4. The molecule has 6 rings (SSSR count). The average Bonchev–Trinajstić information content (AvgIpc) is 3.26. The molecule has 0 spiro atoms. The minimum absolute atomic E-state index is 0.0754. The van der Waals surface area contributed by atoms with Gasteiger partial charge in [0.25, 0.3) is 0 Å². The van der Waals surface area contributed by atoms with Crippen molar-refractivity contribution in [3.8, 4) is 5.88 Å². The third-order valence-corrected chi connectivity index (χ3v) is 7.72. The molecule has 0 unspecified atom stereocenters. The summed E-state index contributed by atoms with van der Waals surface area (Å²) in [5.74, 6) is -0.443. The zero-order chi connectivity index (χ0) is 28.5. The van der Waals surface area contributed by atoms with Crippen molar-refractivity contribution in [2.24, 2.45) is 0 Å². The molecule has 2 aliphatic rings. The van der Waals surface area contributed by atoms with Crippen molar-refractivity contribution in [2.75, 3.05) is 18.5 Å². The molecule has 41 heavy (non-hydrogen) atoms. The molecule has 1 saturated heterocycles. The van der Waals surface area contributed by atoms with Gasteiger partial charge in [0, 0.05) is 30.9 Å². The number of aromatic nitrogens is 3. The van der Waals surface area contributed by atoms with E-state index in [2.05, 4.69) is 19.8 Å². The van der Waals surface area contributed by atoms with Crippen LogP contribution in [0.2, 0.25) is 5.02 Å². The van der Waals surface area contributed by atoms with Crippen LogP contribution in [0, 0.1) is 5.82 Å². The minimum Gasteiger partial charge on any atom is -0.478 e. The van der Waals surface area contributed by atoms with Crippen LogP contribution >= 0.6 is 11.6 Å². The molecule has 2 N–H and O–H groups in total. The summed E-state index contributed by atoms with van der Waals surface area (Å²) in [5, 5.41) is 12.3. The number of imidazole rings is 1. The van der Waals surface area contributed by atoms with Gasteiger partial charge in [-0.2, -0.15) is 0 Å². The molecular formula is C29H27ClFN5O5. The van der Waals surface area contributed by atoms with Crippen LogP contribution in [0.25, 0.3) is 11.0 Å². The predicted octanol–water partition coefficient (Wildman–Crippen LogP) is 4.42. The van der Waals surface area contributed by atoms with E-state index in [1.165, 1.54) is 12.1 Å². The van der Waals surface area contributed by atoms with Crippen LogP contribution in [0.4, 0.5) is 10.1 Å². The Bertz CT molecular complexity index is 1640. The smallest absolute Gasteiger partial charge is 0.335 e. The first-order chi connectivity index (χ1) is 19.9. The summed E-state index contributed by atoms with van der Waals surface area (Å²) in [5.41, 5.74) is 4.23. The van der Waals surface area contributed by atoms with Crippen LogP contribution in [-0.4, -0.2) is 56.2 Å². The molecule has 2 aliphatic heterocycles. The number of halogens is 2. The fourth-order valence-electron chi connectivity index (χ4n) is 5.14. The largest absolute Gasteiger partial charge is 0.478 e. The number of hydrogen-bond acceptors (Lipinski definition) is 7. The molecule has 0 saturated carbocycles. The fraction of sp³-hybridized carbons (Fsp3) is 0.310. The minimum atomic E-state index is -0.980. The molecule has 1 amide bonds. The van der Waals surface area contributed by atoms with Gasteiger partial charge < -0.3 is 24.5 Å². The van der Waals surface area contributed by atoms with Gasteiger partial charge in [-0.05, 0) is 54.8 Å². The number of aromatic carboxylic acids is 1. The first-order valence-electron chi connectivity index (χ1n) is 13.2. The predicted molar refractivity (Wildman–Crippen MR) is 149 cm³/mol. The van der Waals surface area contributed by atoms with Crippen LogP contribution in [0.3, 0.4) is 0 Å². The molecule has 4 heterocycles. The SMILES string of the molecule is O=CNc1ccc(COc2nc3c(cc2Cl)CCN(Cc2nc4ccc(C(=O)O)cc4n2C[C@@H]2CCO2)C3)c(F)c1. The number of amides is 1. The lowest BCUT2D eigenvalue weighted by Gasteiger charge is -2.30. The van der Waals surface area contributed by atoms with Gasteiger partial charge in [-0.3, -0.25) is 9.69 Å². The number of pyridine rings is 1. The van der Waals surface area contributed by atoms with Gasteiger partial charge in [0.05, 0.1) is 41.5 Å². The van der Waals surface area contributed by atoms with E-state index in [0.717, 1.165) is 54.1 Å². The Balaban J connectivity index is 1.20. The van der Waals surface area contributed by atoms with Crippen molar-refractivity contribution in [3.05, 3.63) is 81.5 Å². The molecule has 2 aromatic heterocycles. The van der Waals surface area contributed by atoms with Gasteiger partial charge >= 0.3 is 5.97 Å². The molecule has 212 valence electrons. The lowest BCUT2D eigenvalue weighted by Crippen LogP contribution is -2.34. The number of carboxylic acid groups (broad SMARTS) is 1. The first kappa shape index (κ1) is 27.1. The number of nitrogens with one attached hydrogen (secondary N) is 1. The zero-order valence-electron chi connectivity index (χ0n) is 22.0. The molecule has 2 aromatic carbocycles. The maximum Gasteiger partial charge on any atom is 0.335 e. The Morgan fingerprint density at radius 1 is 1.24 bits per heavy atom. The maximum atomic E-state index is 14.4. The molecule has 1 atom stereocenters. The molecule has 0 radical (unpaired) electrons. The molecule has 12 heteroatoms. The molecular weight excluding hydrogens is 553 g/mol. The first-order valence-corrected chi connectivity index (χ1v) is 13.6. The zero-order valence-corrected chi connectivity index (χ0v) is 22.7. The van der Waals surface area contributed by atoms with Crippen molar-refractivity contribution in [3.63, 3.8) is 0 Å². The number of rotatable bonds is 10. The lowest BCUT2D eigenvalue weighted by atomic mass is 10.1. The molecule has 10 nitrogen and oxygen atoms in total. The number of benzene rings is 2. The summed E-state index contributed by atoms with van der Waals surface area (Å²) in [4.78, 5) is 33.9. The van der Waals surface area contributed by atoms with E-state index in [-0.39, 0.29) is 24.2 Å². The van der Waals surface area contributed by atoms with E-state index in [1.807, 2.05) is 6.07 Å². The monoisotopic (exact) mass is 579 g/mol. The van der Waals surface area contributed by atoms with Crippen molar-refractivity contribution in [1.82, 2.24) is 19.4 Å². The van der Waals surface area contributed by atoms with Gasteiger partial charge in [-0.25, -0.2) is 19.2 Å². The second kappa shape index (κ2) is 11.4. The summed E-state index contributed by atoms with van der Waals surface area (Å²) in [6.07, 6.45) is 2.25. The highest BCUT2D eigenvalue weighted by atomic mass is 35.5. The van der Waals surface area contributed by atoms with Crippen LogP contribution in [0.1, 0.15) is 39.4 Å².